The van der Waals surface area contributed by atoms with Crippen LogP contribution in [-0.2, 0) is 0 Å². The van der Waals surface area contributed by atoms with Gasteiger partial charge in [0, 0.05) is 18.3 Å². The number of hydrogen-bond acceptors (Lipinski definition) is 9. The van der Waals surface area contributed by atoms with E-state index in [4.69, 9.17) is 4.74 Å². The molecule has 3 aromatic rings. The maximum absolute atomic E-state index is 14.1. The Kier molecular flexibility index (Phi) is 6.31. The van der Waals surface area contributed by atoms with Crippen molar-refractivity contribution in [3.8, 4) is 16.8 Å². The highest BCUT2D eigenvalue weighted by Gasteiger charge is 2.16. The fourth-order valence-electron chi connectivity index (χ4n) is 3.58. The van der Waals surface area contributed by atoms with Crippen molar-refractivity contribution in [1.29, 1.82) is 0 Å². The van der Waals surface area contributed by atoms with Crippen LogP contribution in [0, 0.1) is 11.7 Å². The summed E-state index contributed by atoms with van der Waals surface area (Å²) in [6.07, 6.45) is 7.26. The van der Waals surface area contributed by atoms with Crippen LogP contribution in [0.4, 0.5) is 22.0 Å². The molecule has 0 amide bonds. The Hall–Kier alpha value is -3.21. The molecule has 1 saturated carbocycles. The number of methoxy groups -OCH3 is 1. The van der Waals surface area contributed by atoms with Crippen molar-refractivity contribution in [2.24, 2.45) is 5.92 Å². The van der Waals surface area contributed by atoms with Crippen LogP contribution in [0.1, 0.15) is 32.1 Å². The van der Waals surface area contributed by atoms with Crippen LogP contribution in [0.2, 0.25) is 0 Å². The first-order valence-electron chi connectivity index (χ1n) is 10.0. The van der Waals surface area contributed by atoms with E-state index in [-0.39, 0.29) is 22.7 Å². The summed E-state index contributed by atoms with van der Waals surface area (Å²) in [6.45, 7) is 0.712. The zero-order valence-corrected chi connectivity index (χ0v) is 17.8. The van der Waals surface area contributed by atoms with Gasteiger partial charge in [-0.3, -0.25) is 4.79 Å². The van der Waals surface area contributed by atoms with Crippen LogP contribution in [0.5, 0.6) is 10.8 Å². The van der Waals surface area contributed by atoms with E-state index in [1.807, 2.05) is 0 Å². The summed E-state index contributed by atoms with van der Waals surface area (Å²) < 4.78 is 20.1. The third kappa shape index (κ3) is 5.10. The van der Waals surface area contributed by atoms with E-state index < -0.39 is 10.7 Å². The Bertz CT molecular complexity index is 1110. The van der Waals surface area contributed by atoms with Gasteiger partial charge in [0.1, 0.15) is 0 Å². The summed E-state index contributed by atoms with van der Waals surface area (Å²) in [6, 6.07) is 4.38. The number of aromatic hydroxyl groups is 1. The van der Waals surface area contributed by atoms with Crippen molar-refractivity contribution in [3.63, 3.8) is 0 Å². The second-order valence-electron chi connectivity index (χ2n) is 7.35. The van der Waals surface area contributed by atoms with E-state index in [2.05, 4.69) is 25.6 Å². The van der Waals surface area contributed by atoms with Crippen LogP contribution in [0.25, 0.3) is 5.95 Å². The zero-order valence-electron chi connectivity index (χ0n) is 17.0. The van der Waals surface area contributed by atoms with Crippen molar-refractivity contribution >= 4 is 28.9 Å². The number of aromatic nitrogens is 4. The number of thiazole rings is 1. The highest BCUT2D eigenvalue weighted by molar-refractivity contribution is 7.11. The van der Waals surface area contributed by atoms with Gasteiger partial charge in [0.15, 0.2) is 16.6 Å². The lowest BCUT2D eigenvalue weighted by molar-refractivity contribution is 0.373. The minimum atomic E-state index is -0.531. The van der Waals surface area contributed by atoms with Crippen LogP contribution < -0.4 is 20.2 Å². The molecule has 0 radical (unpaired) electrons. The predicted octanol–water partition coefficient (Wildman–Crippen LogP) is 3.67. The number of nitrogens with zero attached hydrogens (tertiary/aromatic N) is 4. The number of rotatable bonds is 7. The SMILES string of the molecule is COc1ccc(Nc2nc(NCC3CCCCC3)nc(-n3cc(O)sc3=O)n2)cc1F. The van der Waals surface area contributed by atoms with Crippen LogP contribution >= 0.6 is 11.3 Å². The highest BCUT2D eigenvalue weighted by atomic mass is 32.1. The molecule has 0 bridgehead atoms. The second kappa shape index (κ2) is 9.29. The molecule has 0 unspecified atom stereocenters. The van der Waals surface area contributed by atoms with E-state index in [0.29, 0.717) is 35.4 Å². The van der Waals surface area contributed by atoms with Crippen LogP contribution in [0.15, 0.2) is 29.2 Å². The Morgan fingerprint density at radius 3 is 2.68 bits per heavy atom. The van der Waals surface area contributed by atoms with Gasteiger partial charge in [0.25, 0.3) is 0 Å². The first-order chi connectivity index (χ1) is 15.0. The van der Waals surface area contributed by atoms with Crippen molar-refractivity contribution in [3.05, 3.63) is 39.9 Å². The molecule has 2 aromatic heterocycles. The molecule has 3 N–H and O–H groups in total. The number of halogens is 1. The maximum atomic E-state index is 14.1. The Morgan fingerprint density at radius 2 is 2.00 bits per heavy atom. The van der Waals surface area contributed by atoms with Crippen molar-refractivity contribution in [2.75, 3.05) is 24.3 Å². The number of anilines is 3. The zero-order chi connectivity index (χ0) is 21.8. The fourth-order valence-corrected chi connectivity index (χ4v) is 4.14. The van der Waals surface area contributed by atoms with Gasteiger partial charge in [-0.05, 0) is 42.2 Å². The minimum absolute atomic E-state index is 0.0548. The quantitative estimate of drug-likeness (QED) is 0.504. The molecule has 1 aliphatic carbocycles. The van der Waals surface area contributed by atoms with E-state index in [1.54, 1.807) is 6.07 Å². The lowest BCUT2D eigenvalue weighted by Crippen LogP contribution is -2.20. The molecule has 1 aliphatic rings. The minimum Gasteiger partial charge on any atom is -0.498 e. The molecule has 11 heteroatoms. The van der Waals surface area contributed by atoms with Crippen LogP contribution in [-0.4, -0.2) is 38.3 Å². The van der Waals surface area contributed by atoms with E-state index in [9.17, 15) is 14.3 Å². The van der Waals surface area contributed by atoms with Gasteiger partial charge in [-0.25, -0.2) is 8.96 Å². The lowest BCUT2D eigenvalue weighted by Gasteiger charge is -2.21. The number of hydrogen-bond donors (Lipinski definition) is 3. The lowest BCUT2D eigenvalue weighted by atomic mass is 9.89. The maximum Gasteiger partial charge on any atom is 0.317 e. The topological polar surface area (TPSA) is 114 Å². The van der Waals surface area contributed by atoms with Gasteiger partial charge >= 0.3 is 4.87 Å². The molecule has 0 atom stereocenters. The molecular formula is C20H23FN6O3S. The average molecular weight is 447 g/mol. The fraction of sp³-hybridized carbons (Fsp3) is 0.400. The van der Waals surface area contributed by atoms with Gasteiger partial charge in [-0.1, -0.05) is 19.3 Å². The molecule has 0 saturated heterocycles. The molecule has 1 aromatic carbocycles. The first kappa shape index (κ1) is 21.0. The van der Waals surface area contributed by atoms with E-state index in [1.165, 1.54) is 44.7 Å². The molecule has 0 aliphatic heterocycles. The third-order valence-electron chi connectivity index (χ3n) is 5.15. The van der Waals surface area contributed by atoms with E-state index in [0.717, 1.165) is 17.4 Å². The monoisotopic (exact) mass is 446 g/mol. The number of benzene rings is 1. The predicted molar refractivity (Wildman–Crippen MR) is 116 cm³/mol. The Morgan fingerprint density at radius 1 is 1.23 bits per heavy atom. The molecular weight excluding hydrogens is 423 g/mol. The number of ether oxygens (including phenoxy) is 1. The summed E-state index contributed by atoms with van der Waals surface area (Å²) >= 11 is 0.680. The normalized spacial score (nSPS) is 14.4. The number of nitrogens with one attached hydrogen (secondary N) is 2. The molecule has 0 spiro atoms. The first-order valence-corrected chi connectivity index (χ1v) is 10.9. The van der Waals surface area contributed by atoms with Gasteiger partial charge < -0.3 is 20.5 Å². The summed E-state index contributed by atoms with van der Waals surface area (Å²) in [7, 11) is 1.39. The molecule has 9 nitrogen and oxygen atoms in total. The second-order valence-corrected chi connectivity index (χ2v) is 8.32. The summed E-state index contributed by atoms with van der Waals surface area (Å²) in [5.41, 5.74) is 0.411. The summed E-state index contributed by atoms with van der Waals surface area (Å²) in [5, 5.41) is 15.7. The molecule has 2 heterocycles. The molecule has 31 heavy (non-hydrogen) atoms. The standard InChI is InChI=1S/C20H23FN6O3S/c1-30-15-8-7-13(9-14(15)21)23-18-24-17(22-10-12-5-3-2-4-6-12)25-19(26-18)27-11-16(28)31-20(27)29/h7-9,11-12,28H,2-6,10H2,1H3,(H2,22,23,24,25,26). The largest absolute Gasteiger partial charge is 0.498 e. The van der Waals surface area contributed by atoms with Gasteiger partial charge in [-0.15, -0.1) is 0 Å². The Balaban J connectivity index is 1.62. The summed E-state index contributed by atoms with van der Waals surface area (Å²) in [4.78, 5) is 24.7. The van der Waals surface area contributed by atoms with Gasteiger partial charge in [-0.2, -0.15) is 15.0 Å². The van der Waals surface area contributed by atoms with Crippen molar-refractivity contribution in [1.82, 2.24) is 19.5 Å². The molecule has 164 valence electrons. The highest BCUT2D eigenvalue weighted by Crippen LogP contribution is 2.25. The molecule has 1 fully saturated rings. The smallest absolute Gasteiger partial charge is 0.317 e. The molecule has 4 rings (SSSR count). The van der Waals surface area contributed by atoms with Crippen molar-refractivity contribution in [2.45, 2.75) is 32.1 Å². The van der Waals surface area contributed by atoms with E-state index >= 15 is 0 Å². The van der Waals surface area contributed by atoms with Crippen molar-refractivity contribution < 1.29 is 14.2 Å². The van der Waals surface area contributed by atoms with Gasteiger partial charge in [0.05, 0.1) is 13.3 Å². The van der Waals surface area contributed by atoms with Crippen LogP contribution in [0.3, 0.4) is 0 Å². The summed E-state index contributed by atoms with van der Waals surface area (Å²) in [5.74, 6) is 0.615. The van der Waals surface area contributed by atoms with Gasteiger partial charge in [0.2, 0.25) is 17.8 Å². The third-order valence-corrected chi connectivity index (χ3v) is 5.83. The Labute approximate surface area is 182 Å². The average Bonchev–Trinajstić information content (AvgIpc) is 3.11.